The Morgan fingerprint density at radius 3 is 2.44 bits per heavy atom. The van der Waals surface area contributed by atoms with Gasteiger partial charge in [0.1, 0.15) is 6.61 Å². The van der Waals surface area contributed by atoms with Crippen LogP contribution in [0.4, 0.5) is 0 Å². The number of terminal acetylenes is 1. The fourth-order valence-corrected chi connectivity index (χ4v) is 1.21. The molecule has 0 saturated heterocycles. The Balaban J connectivity index is 1.98. The van der Waals surface area contributed by atoms with Gasteiger partial charge in [-0.25, -0.2) is 9.97 Å². The van der Waals surface area contributed by atoms with E-state index < -0.39 is 0 Å². The lowest BCUT2D eigenvalue weighted by molar-refractivity contribution is 0.303. The van der Waals surface area contributed by atoms with Crippen LogP contribution in [-0.2, 0) is 6.61 Å². The smallest absolute Gasteiger partial charge is 0.204 e. The Bertz CT molecular complexity index is 486. The zero-order chi connectivity index (χ0) is 11.2. The number of ether oxygens (including phenoxy) is 1. The highest BCUT2D eigenvalue weighted by atomic mass is 16.5. The third kappa shape index (κ3) is 2.58. The Morgan fingerprint density at radius 1 is 1.12 bits per heavy atom. The highest BCUT2D eigenvalue weighted by molar-refractivity contribution is 5.21. The first-order chi connectivity index (χ1) is 7.88. The van der Waals surface area contributed by atoms with Crippen molar-refractivity contribution < 1.29 is 4.74 Å². The molecule has 0 atom stereocenters. The summed E-state index contributed by atoms with van der Waals surface area (Å²) in [4.78, 5) is 7.87. The molecule has 0 fully saturated rings. The number of nitrogens with zero attached hydrogens (tertiary/aromatic N) is 2. The van der Waals surface area contributed by atoms with Crippen molar-refractivity contribution in [2.75, 3.05) is 0 Å². The molecule has 78 valence electrons. The maximum atomic E-state index is 5.50. The normalized spacial score (nSPS) is 9.44. The zero-order valence-corrected chi connectivity index (χ0v) is 8.63. The van der Waals surface area contributed by atoms with E-state index in [-0.39, 0.29) is 0 Å². The molecule has 0 aliphatic rings. The summed E-state index contributed by atoms with van der Waals surface area (Å²) in [6, 6.07) is 9.90. The van der Waals surface area contributed by atoms with Gasteiger partial charge in [-0.15, -0.1) is 6.42 Å². The number of benzene rings is 1. The van der Waals surface area contributed by atoms with E-state index in [2.05, 4.69) is 15.9 Å². The Labute approximate surface area is 94.1 Å². The molecule has 2 aromatic rings. The van der Waals surface area contributed by atoms with Gasteiger partial charge in [0.15, 0.2) is 5.75 Å². The van der Waals surface area contributed by atoms with E-state index in [1.165, 1.54) is 0 Å². The average Bonchev–Trinajstić information content (AvgIpc) is 2.38. The second-order valence-corrected chi connectivity index (χ2v) is 3.16. The standard InChI is InChI=1S/C13H10N2O/c1-2-13-14-8-12(9-15-13)16-10-11-6-4-3-5-7-11/h1,3-9H,10H2. The highest BCUT2D eigenvalue weighted by Crippen LogP contribution is 2.09. The fourth-order valence-electron chi connectivity index (χ4n) is 1.21. The lowest BCUT2D eigenvalue weighted by Crippen LogP contribution is -1.97. The molecule has 1 aromatic carbocycles. The van der Waals surface area contributed by atoms with Crippen molar-refractivity contribution in [2.24, 2.45) is 0 Å². The van der Waals surface area contributed by atoms with Gasteiger partial charge in [0, 0.05) is 0 Å². The minimum atomic E-state index is 0.368. The van der Waals surface area contributed by atoms with E-state index in [0.29, 0.717) is 18.2 Å². The van der Waals surface area contributed by atoms with Gasteiger partial charge in [-0.3, -0.25) is 0 Å². The summed E-state index contributed by atoms with van der Waals surface area (Å²) >= 11 is 0. The molecular weight excluding hydrogens is 200 g/mol. The summed E-state index contributed by atoms with van der Waals surface area (Å²) < 4.78 is 5.50. The molecule has 0 aliphatic carbocycles. The van der Waals surface area contributed by atoms with E-state index in [9.17, 15) is 0 Å². The predicted octanol–water partition coefficient (Wildman–Crippen LogP) is 2.04. The highest BCUT2D eigenvalue weighted by Gasteiger charge is 1.96. The summed E-state index contributed by atoms with van der Waals surface area (Å²) in [5.74, 6) is 3.33. The predicted molar refractivity (Wildman–Crippen MR) is 60.7 cm³/mol. The van der Waals surface area contributed by atoms with Crippen LogP contribution in [0.15, 0.2) is 42.7 Å². The van der Waals surface area contributed by atoms with Crippen molar-refractivity contribution in [1.82, 2.24) is 9.97 Å². The summed E-state index contributed by atoms with van der Waals surface area (Å²) in [6.45, 7) is 0.500. The SMILES string of the molecule is C#Cc1ncc(OCc2ccccc2)cn1. The largest absolute Gasteiger partial charge is 0.486 e. The zero-order valence-electron chi connectivity index (χ0n) is 8.63. The van der Waals surface area contributed by atoms with E-state index >= 15 is 0 Å². The first-order valence-corrected chi connectivity index (χ1v) is 4.84. The van der Waals surface area contributed by atoms with E-state index in [1.807, 2.05) is 30.3 Å². The van der Waals surface area contributed by atoms with Crippen molar-refractivity contribution in [3.05, 3.63) is 54.1 Å². The fraction of sp³-hybridized carbons (Fsp3) is 0.0769. The van der Waals surface area contributed by atoms with Gasteiger partial charge in [0.25, 0.3) is 0 Å². The molecule has 1 aromatic heterocycles. The van der Waals surface area contributed by atoms with Crippen LogP contribution in [-0.4, -0.2) is 9.97 Å². The minimum Gasteiger partial charge on any atom is -0.486 e. The van der Waals surface area contributed by atoms with E-state index in [1.54, 1.807) is 12.4 Å². The monoisotopic (exact) mass is 210 g/mol. The van der Waals surface area contributed by atoms with Crippen molar-refractivity contribution in [1.29, 1.82) is 0 Å². The lowest BCUT2D eigenvalue weighted by atomic mass is 10.2. The van der Waals surface area contributed by atoms with Gasteiger partial charge < -0.3 is 4.74 Å². The lowest BCUT2D eigenvalue weighted by Gasteiger charge is -2.04. The van der Waals surface area contributed by atoms with E-state index in [4.69, 9.17) is 11.2 Å². The summed E-state index contributed by atoms with van der Waals surface area (Å²) in [6.07, 6.45) is 8.30. The van der Waals surface area contributed by atoms with Crippen molar-refractivity contribution in [2.45, 2.75) is 6.61 Å². The van der Waals surface area contributed by atoms with Crippen LogP contribution < -0.4 is 4.74 Å². The third-order valence-corrected chi connectivity index (χ3v) is 2.01. The van der Waals surface area contributed by atoms with Crippen LogP contribution in [0, 0.1) is 12.3 Å². The third-order valence-electron chi connectivity index (χ3n) is 2.01. The molecule has 0 radical (unpaired) electrons. The maximum absolute atomic E-state index is 5.50. The molecule has 16 heavy (non-hydrogen) atoms. The Morgan fingerprint density at radius 2 is 1.81 bits per heavy atom. The van der Waals surface area contributed by atoms with Crippen LogP contribution in [0.2, 0.25) is 0 Å². The van der Waals surface area contributed by atoms with Crippen molar-refractivity contribution in [3.63, 3.8) is 0 Å². The van der Waals surface area contributed by atoms with Crippen molar-refractivity contribution >= 4 is 0 Å². The molecule has 0 spiro atoms. The minimum absolute atomic E-state index is 0.368. The van der Waals surface area contributed by atoms with Gasteiger partial charge >= 0.3 is 0 Å². The molecule has 2 rings (SSSR count). The molecule has 0 aliphatic heterocycles. The maximum Gasteiger partial charge on any atom is 0.204 e. The van der Waals surface area contributed by atoms with Crippen LogP contribution in [0.3, 0.4) is 0 Å². The van der Waals surface area contributed by atoms with Crippen LogP contribution in [0.5, 0.6) is 5.75 Å². The molecule has 0 unspecified atom stereocenters. The first kappa shape index (κ1) is 10.2. The number of hydrogen-bond acceptors (Lipinski definition) is 3. The molecule has 0 N–H and O–H groups in total. The topological polar surface area (TPSA) is 35.0 Å². The van der Waals surface area contributed by atoms with E-state index in [0.717, 1.165) is 5.56 Å². The second kappa shape index (κ2) is 4.94. The quantitative estimate of drug-likeness (QED) is 0.727. The molecule has 1 heterocycles. The molecular formula is C13H10N2O. The van der Waals surface area contributed by atoms with Crippen LogP contribution in [0.1, 0.15) is 11.4 Å². The van der Waals surface area contributed by atoms with Gasteiger partial charge in [0.05, 0.1) is 12.4 Å². The van der Waals surface area contributed by atoms with Crippen LogP contribution >= 0.6 is 0 Å². The number of hydrogen-bond donors (Lipinski definition) is 0. The van der Waals surface area contributed by atoms with Crippen LogP contribution in [0.25, 0.3) is 0 Å². The second-order valence-electron chi connectivity index (χ2n) is 3.16. The van der Waals surface area contributed by atoms with Gasteiger partial charge in [-0.2, -0.15) is 0 Å². The van der Waals surface area contributed by atoms with Crippen molar-refractivity contribution in [3.8, 4) is 18.1 Å². The molecule has 0 amide bonds. The summed E-state index contributed by atoms with van der Waals surface area (Å²) in [7, 11) is 0. The molecule has 0 bridgehead atoms. The van der Waals surface area contributed by atoms with Gasteiger partial charge in [0.2, 0.25) is 5.82 Å². The number of aromatic nitrogens is 2. The summed E-state index contributed by atoms with van der Waals surface area (Å²) in [5, 5.41) is 0. The molecule has 3 nitrogen and oxygen atoms in total. The Hall–Kier alpha value is -2.34. The number of rotatable bonds is 3. The molecule has 0 saturated carbocycles. The average molecular weight is 210 g/mol. The first-order valence-electron chi connectivity index (χ1n) is 4.84. The Kier molecular flexibility index (Phi) is 3.15. The van der Waals surface area contributed by atoms with Gasteiger partial charge in [-0.05, 0) is 11.5 Å². The molecule has 3 heteroatoms. The van der Waals surface area contributed by atoms with Gasteiger partial charge in [-0.1, -0.05) is 30.3 Å². The summed E-state index contributed by atoms with van der Waals surface area (Å²) in [5.41, 5.74) is 1.10.